The molecular weight excluding hydrogens is 307 g/mol. The van der Waals surface area contributed by atoms with Gasteiger partial charge in [0.15, 0.2) is 0 Å². The van der Waals surface area contributed by atoms with Crippen LogP contribution in [0.3, 0.4) is 0 Å². The molecule has 2 rings (SSSR count). The lowest BCUT2D eigenvalue weighted by Crippen LogP contribution is -2.54. The molecule has 0 aliphatic carbocycles. The smallest absolute Gasteiger partial charge is 0.237 e. The van der Waals surface area contributed by atoms with Crippen LogP contribution in [0.2, 0.25) is 0 Å². The highest BCUT2D eigenvalue weighted by atomic mass is 19.1. The van der Waals surface area contributed by atoms with E-state index in [2.05, 4.69) is 15.1 Å². The fourth-order valence-electron chi connectivity index (χ4n) is 2.87. The largest absolute Gasteiger partial charge is 0.353 e. The van der Waals surface area contributed by atoms with Crippen molar-refractivity contribution in [3.05, 3.63) is 35.1 Å². The van der Waals surface area contributed by atoms with Crippen LogP contribution < -0.4 is 5.32 Å². The molecule has 0 aromatic heterocycles. The van der Waals surface area contributed by atoms with E-state index in [0.717, 1.165) is 26.2 Å². The lowest BCUT2D eigenvalue weighted by molar-refractivity contribution is -0.127. The molecule has 0 saturated carbocycles. The van der Waals surface area contributed by atoms with Crippen LogP contribution in [0.5, 0.6) is 0 Å². The van der Waals surface area contributed by atoms with Gasteiger partial charge in [-0.2, -0.15) is 5.26 Å². The predicted octanol–water partition coefficient (Wildman–Crippen LogP) is 1.73. The molecule has 24 heavy (non-hydrogen) atoms. The Morgan fingerprint density at radius 3 is 2.50 bits per heavy atom. The van der Waals surface area contributed by atoms with Gasteiger partial charge in [-0.3, -0.25) is 14.6 Å². The number of hydrogen-bond acceptors (Lipinski definition) is 4. The van der Waals surface area contributed by atoms with Gasteiger partial charge >= 0.3 is 0 Å². The van der Waals surface area contributed by atoms with E-state index >= 15 is 0 Å². The molecule has 1 amide bonds. The van der Waals surface area contributed by atoms with Crippen LogP contribution in [-0.2, 0) is 11.3 Å². The Hall–Kier alpha value is -1.97. The number of hydrogen-bond donors (Lipinski definition) is 1. The Kier molecular flexibility index (Phi) is 6.29. The molecule has 6 heteroatoms. The van der Waals surface area contributed by atoms with Gasteiger partial charge in [0.1, 0.15) is 5.82 Å². The number of nitriles is 1. The number of piperazine rings is 1. The van der Waals surface area contributed by atoms with Crippen molar-refractivity contribution in [2.45, 2.75) is 39.4 Å². The summed E-state index contributed by atoms with van der Waals surface area (Å²) in [5.74, 6) is -0.280. The maximum atomic E-state index is 14.0. The summed E-state index contributed by atoms with van der Waals surface area (Å²) in [5, 5.41) is 11.7. The van der Waals surface area contributed by atoms with Crippen molar-refractivity contribution >= 4 is 5.91 Å². The quantitative estimate of drug-likeness (QED) is 0.892. The Morgan fingerprint density at radius 2 is 1.96 bits per heavy atom. The van der Waals surface area contributed by atoms with Crippen molar-refractivity contribution in [2.24, 2.45) is 0 Å². The minimum Gasteiger partial charge on any atom is -0.353 e. The third-order valence-electron chi connectivity index (χ3n) is 4.34. The second-order valence-corrected chi connectivity index (χ2v) is 6.57. The Morgan fingerprint density at radius 1 is 1.29 bits per heavy atom. The second-order valence-electron chi connectivity index (χ2n) is 6.57. The number of nitrogens with one attached hydrogen (secondary N) is 1. The monoisotopic (exact) mass is 332 g/mol. The summed E-state index contributed by atoms with van der Waals surface area (Å²) in [6, 6.07) is 6.54. The number of carbonyl (C=O) groups excluding carboxylic acids is 1. The molecule has 1 unspecified atom stereocenters. The first-order valence-corrected chi connectivity index (χ1v) is 8.36. The Labute approximate surface area is 143 Å². The molecule has 1 aliphatic heterocycles. The molecule has 0 bridgehead atoms. The Bertz CT molecular complexity index is 618. The van der Waals surface area contributed by atoms with Gasteiger partial charge in [-0.1, -0.05) is 6.07 Å². The molecule has 0 spiro atoms. The summed E-state index contributed by atoms with van der Waals surface area (Å²) in [6.07, 6.45) is 0. The van der Waals surface area contributed by atoms with E-state index in [-0.39, 0.29) is 23.8 Å². The van der Waals surface area contributed by atoms with Gasteiger partial charge in [-0.15, -0.1) is 0 Å². The summed E-state index contributed by atoms with van der Waals surface area (Å²) in [5.41, 5.74) is 0.944. The van der Waals surface area contributed by atoms with E-state index in [1.165, 1.54) is 6.07 Å². The molecule has 1 heterocycles. The van der Waals surface area contributed by atoms with Crippen LogP contribution in [0.25, 0.3) is 0 Å². The normalized spacial score (nSPS) is 17.5. The highest BCUT2D eigenvalue weighted by Crippen LogP contribution is 2.15. The molecule has 1 saturated heterocycles. The van der Waals surface area contributed by atoms with Crippen molar-refractivity contribution in [1.82, 2.24) is 15.1 Å². The van der Waals surface area contributed by atoms with E-state index in [9.17, 15) is 9.18 Å². The molecular formula is C18H25FN4O. The summed E-state index contributed by atoms with van der Waals surface area (Å²) in [4.78, 5) is 16.4. The first-order valence-electron chi connectivity index (χ1n) is 8.36. The molecule has 1 atom stereocenters. The van der Waals surface area contributed by atoms with E-state index < -0.39 is 0 Å². The SMILES string of the molecule is CC(C)NC(=O)C(C)N1CCN(Cc2ccc(C#N)cc2F)CC1. The van der Waals surface area contributed by atoms with Crippen LogP contribution in [-0.4, -0.2) is 54.0 Å². The van der Waals surface area contributed by atoms with Crippen molar-refractivity contribution < 1.29 is 9.18 Å². The van der Waals surface area contributed by atoms with Crippen molar-refractivity contribution in [1.29, 1.82) is 5.26 Å². The average molecular weight is 332 g/mol. The first-order chi connectivity index (χ1) is 11.4. The number of rotatable bonds is 5. The molecule has 1 aromatic carbocycles. The summed E-state index contributed by atoms with van der Waals surface area (Å²) >= 11 is 0. The minimum atomic E-state index is -0.332. The summed E-state index contributed by atoms with van der Waals surface area (Å²) < 4.78 is 14.0. The number of halogens is 1. The van der Waals surface area contributed by atoms with Gasteiger partial charge in [0.05, 0.1) is 17.7 Å². The predicted molar refractivity (Wildman–Crippen MR) is 90.7 cm³/mol. The number of nitrogens with zero attached hydrogens (tertiary/aromatic N) is 3. The Balaban J connectivity index is 1.87. The van der Waals surface area contributed by atoms with Crippen molar-refractivity contribution in [2.75, 3.05) is 26.2 Å². The zero-order valence-electron chi connectivity index (χ0n) is 14.6. The van der Waals surface area contributed by atoms with Gasteiger partial charge in [-0.25, -0.2) is 4.39 Å². The highest BCUT2D eigenvalue weighted by Gasteiger charge is 2.26. The van der Waals surface area contributed by atoms with Gasteiger partial charge in [-0.05, 0) is 32.9 Å². The van der Waals surface area contributed by atoms with Crippen LogP contribution in [0.1, 0.15) is 31.9 Å². The summed E-state index contributed by atoms with van der Waals surface area (Å²) in [7, 11) is 0. The van der Waals surface area contributed by atoms with Crippen LogP contribution >= 0.6 is 0 Å². The topological polar surface area (TPSA) is 59.4 Å². The van der Waals surface area contributed by atoms with E-state index in [4.69, 9.17) is 5.26 Å². The zero-order chi connectivity index (χ0) is 17.7. The van der Waals surface area contributed by atoms with Gasteiger partial charge < -0.3 is 5.32 Å². The fourth-order valence-corrected chi connectivity index (χ4v) is 2.87. The molecule has 1 aromatic rings. The first kappa shape index (κ1) is 18.4. The van der Waals surface area contributed by atoms with E-state index in [1.807, 2.05) is 26.8 Å². The fraction of sp³-hybridized carbons (Fsp3) is 0.556. The standard InChI is InChI=1S/C18H25FN4O/c1-13(2)21-18(24)14(3)23-8-6-22(7-9-23)12-16-5-4-15(11-20)10-17(16)19/h4-5,10,13-14H,6-9,12H2,1-3H3,(H,21,24). The van der Waals surface area contributed by atoms with Crippen LogP contribution in [0.15, 0.2) is 18.2 Å². The zero-order valence-corrected chi connectivity index (χ0v) is 14.6. The van der Waals surface area contributed by atoms with Gasteiger partial charge in [0, 0.05) is 44.3 Å². The highest BCUT2D eigenvalue weighted by molar-refractivity contribution is 5.81. The number of benzene rings is 1. The van der Waals surface area contributed by atoms with E-state index in [0.29, 0.717) is 17.7 Å². The number of carbonyl (C=O) groups is 1. The molecule has 1 aliphatic rings. The van der Waals surface area contributed by atoms with Crippen LogP contribution in [0.4, 0.5) is 4.39 Å². The lowest BCUT2D eigenvalue weighted by atomic mass is 10.1. The third-order valence-corrected chi connectivity index (χ3v) is 4.34. The third kappa shape index (κ3) is 4.76. The lowest BCUT2D eigenvalue weighted by Gasteiger charge is -2.37. The maximum Gasteiger partial charge on any atom is 0.237 e. The molecule has 1 fully saturated rings. The molecule has 0 radical (unpaired) electrons. The summed E-state index contributed by atoms with van der Waals surface area (Å²) in [6.45, 7) is 9.50. The average Bonchev–Trinajstić information content (AvgIpc) is 2.56. The van der Waals surface area contributed by atoms with E-state index in [1.54, 1.807) is 12.1 Å². The molecule has 130 valence electrons. The van der Waals surface area contributed by atoms with Crippen LogP contribution in [0, 0.1) is 17.1 Å². The number of amides is 1. The van der Waals surface area contributed by atoms with Gasteiger partial charge in [0.25, 0.3) is 0 Å². The van der Waals surface area contributed by atoms with Gasteiger partial charge in [0.2, 0.25) is 5.91 Å². The van der Waals surface area contributed by atoms with Crippen molar-refractivity contribution in [3.63, 3.8) is 0 Å². The maximum absolute atomic E-state index is 14.0. The molecule has 1 N–H and O–H groups in total. The minimum absolute atomic E-state index is 0.0524. The second kappa shape index (κ2) is 8.22. The molecule has 5 nitrogen and oxygen atoms in total. The van der Waals surface area contributed by atoms with Crippen molar-refractivity contribution in [3.8, 4) is 6.07 Å².